The molecule has 4 aliphatic rings. The molecule has 0 fully saturated rings. The van der Waals surface area contributed by atoms with E-state index < -0.39 is 0 Å². The minimum atomic E-state index is 0.0772. The summed E-state index contributed by atoms with van der Waals surface area (Å²) in [6.07, 6.45) is 0. The topological polar surface area (TPSA) is 6.48 Å². The smallest absolute Gasteiger partial charge is 0.247 e. The van der Waals surface area contributed by atoms with Crippen molar-refractivity contribution in [2.45, 2.75) is 39.2 Å². The second-order valence-electron chi connectivity index (χ2n) is 22.3. The van der Waals surface area contributed by atoms with Gasteiger partial charge in [0.05, 0.1) is 0 Å². The Balaban J connectivity index is 0.801. The Morgan fingerprint density at radius 1 is 0.186 bits per heavy atom. The maximum absolute atomic E-state index is 2.63. The molecule has 4 aliphatic heterocycles. The maximum atomic E-state index is 2.63. The third kappa shape index (κ3) is 9.05. The molecule has 13 aromatic rings. The van der Waals surface area contributed by atoms with Crippen molar-refractivity contribution in [1.29, 1.82) is 0 Å². The van der Waals surface area contributed by atoms with Crippen LogP contribution >= 0.6 is 47.0 Å². The van der Waals surface area contributed by atoms with Gasteiger partial charge in [0.1, 0.15) is 0 Å². The van der Waals surface area contributed by atoms with Crippen molar-refractivity contribution in [3.8, 4) is 44.5 Å². The fourth-order valence-corrected chi connectivity index (χ4v) is 18.3. The van der Waals surface area contributed by atoms with E-state index in [0.29, 0.717) is 0 Å². The molecule has 402 valence electrons. The van der Waals surface area contributed by atoms with Gasteiger partial charge in [0.2, 0.25) is 13.4 Å². The van der Waals surface area contributed by atoms with E-state index in [0.717, 1.165) is 34.1 Å². The van der Waals surface area contributed by atoms with Gasteiger partial charge in [-0.15, -0.1) is 0 Å². The van der Waals surface area contributed by atoms with Crippen LogP contribution in [0.2, 0.25) is 0 Å². The first kappa shape index (κ1) is 51.4. The fourth-order valence-electron chi connectivity index (χ4n) is 13.2. The predicted octanol–water partition coefficient (Wildman–Crippen LogP) is 18.2. The van der Waals surface area contributed by atoms with E-state index in [1.165, 1.54) is 116 Å². The average Bonchev–Trinajstić information content (AvgIpc) is 1.05. The van der Waals surface area contributed by atoms with Gasteiger partial charge in [-0.2, -0.15) is 0 Å². The van der Waals surface area contributed by atoms with Crippen LogP contribution in [0.5, 0.6) is 0 Å². The molecule has 0 spiro atoms. The molecule has 0 aliphatic carbocycles. The molecular weight excluding hydrogens is 1110 g/mol. The standard InChI is InChI=1S/C78H50B2N2S4/c1-5-17-51(18-6-1)55-29-37-59(38-30-55)81(60-39-31-56(32-40-60)52-19-7-2-8-20-52)63-45-73-77-75(47-63)85-71-50-72-68(49-67(71)79(77)65-25-13-15-27-69(65)83-73)80-66-26-14-16-28-70(66)84-74-46-64(48-76(86-72)78(74)80)82(61-41-33-57(34-42-61)53-21-9-3-10-22-53)62-43-35-58(36-44-62)54-23-11-4-12-24-54/h1-50H. The monoisotopic (exact) mass is 1160 g/mol. The highest BCUT2D eigenvalue weighted by atomic mass is 32.2. The summed E-state index contributed by atoms with van der Waals surface area (Å²) in [5, 5.41) is 0. The van der Waals surface area contributed by atoms with Crippen LogP contribution in [0.25, 0.3) is 44.5 Å². The van der Waals surface area contributed by atoms with Crippen molar-refractivity contribution >= 4 is 127 Å². The quantitative estimate of drug-likeness (QED) is 0.125. The molecule has 13 aromatic carbocycles. The Morgan fingerprint density at radius 2 is 0.442 bits per heavy atom. The zero-order chi connectivity index (χ0) is 56.7. The molecule has 0 amide bonds. The third-order valence-electron chi connectivity index (χ3n) is 17.3. The molecule has 0 bridgehead atoms. The van der Waals surface area contributed by atoms with Crippen LogP contribution in [0.1, 0.15) is 0 Å². The van der Waals surface area contributed by atoms with Gasteiger partial charge < -0.3 is 9.80 Å². The van der Waals surface area contributed by atoms with Crippen molar-refractivity contribution in [3.63, 3.8) is 0 Å². The van der Waals surface area contributed by atoms with E-state index in [1.54, 1.807) is 0 Å². The van der Waals surface area contributed by atoms with Crippen molar-refractivity contribution in [2.75, 3.05) is 9.80 Å². The first-order valence-electron chi connectivity index (χ1n) is 29.3. The summed E-state index contributed by atoms with van der Waals surface area (Å²) < 4.78 is 0. The highest BCUT2D eigenvalue weighted by Gasteiger charge is 2.43. The van der Waals surface area contributed by atoms with Crippen molar-refractivity contribution in [1.82, 2.24) is 0 Å². The fraction of sp³-hybridized carbons (Fsp3) is 0. The number of benzene rings is 13. The Bertz CT molecular complexity index is 4270. The lowest BCUT2D eigenvalue weighted by molar-refractivity contribution is 1.22. The summed E-state index contributed by atoms with van der Waals surface area (Å²) in [4.78, 5) is 15.4. The van der Waals surface area contributed by atoms with E-state index in [9.17, 15) is 0 Å². The summed E-state index contributed by atoms with van der Waals surface area (Å²) in [7, 11) is 0. The second-order valence-corrected chi connectivity index (χ2v) is 26.6. The van der Waals surface area contributed by atoms with Gasteiger partial charge in [-0.25, -0.2) is 0 Å². The molecule has 0 unspecified atom stereocenters. The predicted molar refractivity (Wildman–Crippen MR) is 369 cm³/mol. The van der Waals surface area contributed by atoms with Gasteiger partial charge in [-0.3, -0.25) is 0 Å². The van der Waals surface area contributed by atoms with Crippen LogP contribution in [-0.2, 0) is 0 Å². The lowest BCUT2D eigenvalue weighted by Gasteiger charge is -2.38. The van der Waals surface area contributed by atoms with Crippen LogP contribution in [0.4, 0.5) is 34.1 Å². The zero-order valence-electron chi connectivity index (χ0n) is 46.5. The number of nitrogens with zero attached hydrogens (tertiary/aromatic N) is 2. The number of fused-ring (bicyclic) bond motifs is 8. The van der Waals surface area contributed by atoms with Crippen LogP contribution in [0.3, 0.4) is 0 Å². The molecule has 0 atom stereocenters. The zero-order valence-corrected chi connectivity index (χ0v) is 49.8. The van der Waals surface area contributed by atoms with E-state index >= 15 is 0 Å². The van der Waals surface area contributed by atoms with Gasteiger partial charge in [-0.1, -0.05) is 281 Å². The molecule has 0 saturated heterocycles. The van der Waals surface area contributed by atoms with Gasteiger partial charge in [0, 0.05) is 73.3 Å². The highest BCUT2D eigenvalue weighted by molar-refractivity contribution is 8.02. The molecule has 0 aromatic heterocycles. The van der Waals surface area contributed by atoms with Gasteiger partial charge >= 0.3 is 0 Å². The van der Waals surface area contributed by atoms with Crippen LogP contribution in [-0.4, -0.2) is 13.4 Å². The van der Waals surface area contributed by atoms with E-state index in [-0.39, 0.29) is 13.4 Å². The highest BCUT2D eigenvalue weighted by Crippen LogP contribution is 2.48. The second kappa shape index (κ2) is 21.5. The first-order valence-corrected chi connectivity index (χ1v) is 32.5. The number of anilines is 6. The number of hydrogen-bond donors (Lipinski definition) is 0. The minimum absolute atomic E-state index is 0.0772. The summed E-state index contributed by atoms with van der Waals surface area (Å²) in [5.74, 6) is 0. The molecule has 8 heteroatoms. The van der Waals surface area contributed by atoms with E-state index in [4.69, 9.17) is 0 Å². The molecule has 0 N–H and O–H groups in total. The largest absolute Gasteiger partial charge is 0.310 e. The first-order chi connectivity index (χ1) is 42.6. The lowest BCUT2D eigenvalue weighted by atomic mass is 9.33. The molecule has 2 nitrogen and oxygen atoms in total. The summed E-state index contributed by atoms with van der Waals surface area (Å²) in [6.45, 7) is 0.154. The van der Waals surface area contributed by atoms with Crippen molar-refractivity contribution < 1.29 is 0 Å². The van der Waals surface area contributed by atoms with Crippen LogP contribution in [0.15, 0.2) is 342 Å². The molecule has 4 heterocycles. The molecule has 86 heavy (non-hydrogen) atoms. The normalized spacial score (nSPS) is 12.9. The lowest BCUT2D eigenvalue weighted by Crippen LogP contribution is -2.62. The molecule has 17 rings (SSSR count). The third-order valence-corrected chi connectivity index (χ3v) is 21.9. The summed E-state index contributed by atoms with van der Waals surface area (Å²) in [6, 6.07) is 113. The molecule has 0 saturated carbocycles. The van der Waals surface area contributed by atoms with Crippen molar-refractivity contribution in [3.05, 3.63) is 303 Å². The van der Waals surface area contributed by atoms with Gasteiger partial charge in [-0.05, 0) is 146 Å². The average molecular weight is 1170 g/mol. The van der Waals surface area contributed by atoms with Crippen LogP contribution < -0.4 is 42.6 Å². The Morgan fingerprint density at radius 3 is 0.744 bits per heavy atom. The minimum Gasteiger partial charge on any atom is -0.310 e. The number of rotatable bonds is 10. The van der Waals surface area contributed by atoms with E-state index in [1.807, 2.05) is 47.0 Å². The molecule has 0 radical (unpaired) electrons. The van der Waals surface area contributed by atoms with Gasteiger partial charge in [0.25, 0.3) is 0 Å². The maximum Gasteiger partial charge on any atom is 0.247 e. The molecular formula is C78H50B2N2S4. The van der Waals surface area contributed by atoms with Crippen LogP contribution in [0, 0.1) is 0 Å². The van der Waals surface area contributed by atoms with E-state index in [2.05, 4.69) is 313 Å². The summed E-state index contributed by atoms with van der Waals surface area (Å²) >= 11 is 7.74. The summed E-state index contributed by atoms with van der Waals surface area (Å²) in [5.41, 5.74) is 24.8. The number of hydrogen-bond acceptors (Lipinski definition) is 6. The Labute approximate surface area is 520 Å². The SMILES string of the molecule is c1ccc(-c2ccc(N(c3ccc(-c4ccccc4)cc3)c3cc4c5c(c3)Sc3cc6c(cc3B5c3ccccc3S4)B3c4ccccc4Sc4cc(N(c5ccc(-c7ccccc7)cc5)c5ccc(-c7ccccc7)cc5)cc(c43)S6)cc2)cc1. The Kier molecular flexibility index (Phi) is 12.9. The van der Waals surface area contributed by atoms with Gasteiger partial charge in [0.15, 0.2) is 0 Å². The van der Waals surface area contributed by atoms with Crippen molar-refractivity contribution in [2.24, 2.45) is 0 Å². The Hall–Kier alpha value is -9.01.